The fraction of sp³-hybridized carbons (Fsp3) is 0.500. The van der Waals surface area contributed by atoms with Gasteiger partial charge in [-0.15, -0.1) is 0 Å². The number of rotatable bonds is 3. The zero-order valence-electron chi connectivity index (χ0n) is 10.2. The molecule has 1 aliphatic rings. The molecule has 0 unspecified atom stereocenters. The maximum Gasteiger partial charge on any atom is 0.125 e. The van der Waals surface area contributed by atoms with Gasteiger partial charge in [-0.05, 0) is 52.7 Å². The summed E-state index contributed by atoms with van der Waals surface area (Å²) >= 11 is 3.50. The van der Waals surface area contributed by atoms with E-state index in [0.717, 1.165) is 23.0 Å². The minimum atomic E-state index is -0.362. The molecular weight excluding hydrogens is 276 g/mol. The van der Waals surface area contributed by atoms with Gasteiger partial charge < -0.3 is 5.32 Å². The first-order valence-electron chi connectivity index (χ1n) is 6.00. The van der Waals surface area contributed by atoms with Crippen molar-refractivity contribution in [3.05, 3.63) is 28.7 Å². The van der Waals surface area contributed by atoms with E-state index in [-0.39, 0.29) is 5.54 Å². The summed E-state index contributed by atoms with van der Waals surface area (Å²) in [5.41, 5.74) is 0.648. The molecule has 2 nitrogen and oxygen atoms in total. The van der Waals surface area contributed by atoms with Gasteiger partial charge in [-0.1, -0.05) is 26.0 Å². The average Bonchev–Trinajstić information content (AvgIpc) is 2.25. The van der Waals surface area contributed by atoms with Crippen LogP contribution in [0.4, 0.5) is 5.69 Å². The van der Waals surface area contributed by atoms with Gasteiger partial charge in [-0.2, -0.15) is 5.26 Å². The first-order chi connectivity index (χ1) is 8.06. The second kappa shape index (κ2) is 4.70. The average molecular weight is 293 g/mol. The first kappa shape index (κ1) is 12.4. The zero-order valence-corrected chi connectivity index (χ0v) is 11.8. The summed E-state index contributed by atoms with van der Waals surface area (Å²) in [7, 11) is 0. The first-order valence-corrected chi connectivity index (χ1v) is 6.79. The summed E-state index contributed by atoms with van der Waals surface area (Å²) in [6.45, 7) is 4.45. The Morgan fingerprint density at radius 3 is 2.59 bits per heavy atom. The van der Waals surface area contributed by atoms with E-state index in [1.807, 2.05) is 24.3 Å². The molecule has 0 amide bonds. The summed E-state index contributed by atoms with van der Waals surface area (Å²) in [4.78, 5) is 0. The fourth-order valence-corrected chi connectivity index (χ4v) is 2.73. The van der Waals surface area contributed by atoms with Crippen LogP contribution >= 0.6 is 15.9 Å². The number of nitriles is 1. The molecule has 0 saturated heterocycles. The predicted octanol–water partition coefficient (Wildman–Crippen LogP) is 4.19. The number of anilines is 1. The molecule has 17 heavy (non-hydrogen) atoms. The van der Waals surface area contributed by atoms with Gasteiger partial charge in [0, 0.05) is 10.2 Å². The van der Waals surface area contributed by atoms with Crippen LogP contribution in [0.1, 0.15) is 26.7 Å². The molecule has 0 radical (unpaired) electrons. The molecule has 1 aliphatic carbocycles. The van der Waals surface area contributed by atoms with Gasteiger partial charge >= 0.3 is 0 Å². The summed E-state index contributed by atoms with van der Waals surface area (Å²) < 4.78 is 1.02. The lowest BCUT2D eigenvalue weighted by Crippen LogP contribution is -2.50. The highest BCUT2D eigenvalue weighted by atomic mass is 79.9. The van der Waals surface area contributed by atoms with E-state index in [9.17, 15) is 5.26 Å². The van der Waals surface area contributed by atoms with Crippen LogP contribution in [0.5, 0.6) is 0 Å². The van der Waals surface area contributed by atoms with Gasteiger partial charge in [-0.25, -0.2) is 0 Å². The Bertz CT molecular complexity index is 442. The molecule has 0 spiro atoms. The molecule has 0 aromatic heterocycles. The lowest BCUT2D eigenvalue weighted by molar-refractivity contribution is 0.165. The molecule has 1 saturated carbocycles. The molecular formula is C14H17BrN2. The highest BCUT2D eigenvalue weighted by Crippen LogP contribution is 2.44. The van der Waals surface area contributed by atoms with Crippen molar-refractivity contribution in [2.24, 2.45) is 11.8 Å². The van der Waals surface area contributed by atoms with Crippen molar-refractivity contribution in [3.8, 4) is 6.07 Å². The summed E-state index contributed by atoms with van der Waals surface area (Å²) in [5, 5.41) is 12.7. The lowest BCUT2D eigenvalue weighted by Gasteiger charge is -2.45. The Morgan fingerprint density at radius 1 is 1.41 bits per heavy atom. The van der Waals surface area contributed by atoms with Crippen LogP contribution in [0.15, 0.2) is 28.7 Å². The van der Waals surface area contributed by atoms with E-state index in [2.05, 4.69) is 41.2 Å². The van der Waals surface area contributed by atoms with Gasteiger partial charge in [0.2, 0.25) is 0 Å². The molecule has 90 valence electrons. The molecule has 0 aliphatic heterocycles. The number of halogens is 1. The number of hydrogen-bond acceptors (Lipinski definition) is 2. The van der Waals surface area contributed by atoms with E-state index < -0.39 is 0 Å². The Kier molecular flexibility index (Phi) is 3.44. The standard InChI is InChI=1S/C14H17BrN2/c1-10(2)11-7-14(8-11,9-16)17-13-6-4-3-5-12(13)15/h3-6,10-11,17H,7-8H2,1-2H3. The van der Waals surface area contributed by atoms with Crippen molar-refractivity contribution in [1.82, 2.24) is 0 Å². The van der Waals surface area contributed by atoms with Crippen molar-refractivity contribution in [2.45, 2.75) is 32.2 Å². The number of nitrogens with one attached hydrogen (secondary N) is 1. The van der Waals surface area contributed by atoms with Crippen LogP contribution in [-0.4, -0.2) is 5.54 Å². The van der Waals surface area contributed by atoms with Crippen molar-refractivity contribution in [2.75, 3.05) is 5.32 Å². The summed E-state index contributed by atoms with van der Waals surface area (Å²) in [6.07, 6.45) is 1.89. The maximum atomic E-state index is 9.36. The summed E-state index contributed by atoms with van der Waals surface area (Å²) in [6, 6.07) is 10.4. The normalized spacial score (nSPS) is 27.4. The van der Waals surface area contributed by atoms with Crippen LogP contribution in [0, 0.1) is 23.2 Å². The van der Waals surface area contributed by atoms with E-state index in [1.165, 1.54) is 0 Å². The van der Waals surface area contributed by atoms with Crippen LogP contribution in [0.2, 0.25) is 0 Å². The topological polar surface area (TPSA) is 35.8 Å². The number of benzene rings is 1. The van der Waals surface area contributed by atoms with Crippen molar-refractivity contribution in [1.29, 1.82) is 5.26 Å². The van der Waals surface area contributed by atoms with Crippen LogP contribution in [0.3, 0.4) is 0 Å². The molecule has 1 N–H and O–H groups in total. The van der Waals surface area contributed by atoms with E-state index >= 15 is 0 Å². The molecule has 1 aromatic carbocycles. The predicted molar refractivity (Wildman–Crippen MR) is 73.7 cm³/mol. The molecule has 0 atom stereocenters. The monoisotopic (exact) mass is 292 g/mol. The number of hydrogen-bond donors (Lipinski definition) is 1. The SMILES string of the molecule is CC(C)C1CC(C#N)(Nc2ccccc2Br)C1. The van der Waals surface area contributed by atoms with Crippen LogP contribution < -0.4 is 5.32 Å². The molecule has 1 aromatic rings. The number of nitrogens with zero attached hydrogens (tertiary/aromatic N) is 1. The third-order valence-electron chi connectivity index (χ3n) is 3.63. The van der Waals surface area contributed by atoms with E-state index in [0.29, 0.717) is 11.8 Å². The molecule has 0 heterocycles. The highest BCUT2D eigenvalue weighted by Gasteiger charge is 2.45. The van der Waals surface area contributed by atoms with Crippen molar-refractivity contribution in [3.63, 3.8) is 0 Å². The van der Waals surface area contributed by atoms with Crippen molar-refractivity contribution >= 4 is 21.6 Å². The largest absolute Gasteiger partial charge is 0.366 e. The molecule has 1 fully saturated rings. The van der Waals surface area contributed by atoms with E-state index in [1.54, 1.807) is 0 Å². The van der Waals surface area contributed by atoms with Gasteiger partial charge in [0.25, 0.3) is 0 Å². The second-order valence-electron chi connectivity index (χ2n) is 5.21. The molecule has 0 bridgehead atoms. The third kappa shape index (κ3) is 2.47. The van der Waals surface area contributed by atoms with Crippen LogP contribution in [0.25, 0.3) is 0 Å². The fourth-order valence-electron chi connectivity index (χ4n) is 2.35. The quantitative estimate of drug-likeness (QED) is 0.907. The molecule has 3 heteroatoms. The smallest absolute Gasteiger partial charge is 0.125 e. The van der Waals surface area contributed by atoms with Gasteiger partial charge in [0.05, 0.1) is 6.07 Å². The Hall–Kier alpha value is -1.01. The lowest BCUT2D eigenvalue weighted by atomic mass is 9.64. The Labute approximate surface area is 111 Å². The summed E-state index contributed by atoms with van der Waals surface area (Å²) in [5.74, 6) is 1.34. The van der Waals surface area contributed by atoms with Crippen molar-refractivity contribution < 1.29 is 0 Å². The minimum absolute atomic E-state index is 0.362. The van der Waals surface area contributed by atoms with Crippen LogP contribution in [-0.2, 0) is 0 Å². The zero-order chi connectivity index (χ0) is 12.5. The number of para-hydroxylation sites is 1. The van der Waals surface area contributed by atoms with E-state index in [4.69, 9.17) is 0 Å². The Morgan fingerprint density at radius 2 is 2.06 bits per heavy atom. The third-order valence-corrected chi connectivity index (χ3v) is 4.32. The van der Waals surface area contributed by atoms with Gasteiger partial charge in [0.1, 0.15) is 5.54 Å². The highest BCUT2D eigenvalue weighted by molar-refractivity contribution is 9.10. The molecule has 2 rings (SSSR count). The van der Waals surface area contributed by atoms with Gasteiger partial charge in [0.15, 0.2) is 0 Å². The maximum absolute atomic E-state index is 9.36. The van der Waals surface area contributed by atoms with Gasteiger partial charge in [-0.3, -0.25) is 0 Å². The minimum Gasteiger partial charge on any atom is -0.366 e. The second-order valence-corrected chi connectivity index (χ2v) is 6.07. The Balaban J connectivity index is 2.09.